The van der Waals surface area contributed by atoms with Gasteiger partial charge in [-0.25, -0.2) is 0 Å². The van der Waals surface area contributed by atoms with E-state index in [9.17, 15) is 0 Å². The Morgan fingerprint density at radius 1 is 0.875 bits per heavy atom. The van der Waals surface area contributed by atoms with Crippen LogP contribution in [0.2, 0.25) is 0 Å². The van der Waals surface area contributed by atoms with Crippen LogP contribution in [-0.2, 0) is 0 Å². The van der Waals surface area contributed by atoms with Crippen molar-refractivity contribution in [3.8, 4) is 0 Å². The Balaban J connectivity index is 0.000000509. The van der Waals surface area contributed by atoms with Crippen LogP contribution < -0.4 is 0 Å². The van der Waals surface area contributed by atoms with Crippen molar-refractivity contribution in [1.82, 2.24) is 9.97 Å². The van der Waals surface area contributed by atoms with Crippen molar-refractivity contribution in [3.63, 3.8) is 0 Å². The fourth-order valence-corrected chi connectivity index (χ4v) is 1.24. The van der Waals surface area contributed by atoms with E-state index in [1.54, 1.807) is 0 Å². The van der Waals surface area contributed by atoms with Gasteiger partial charge in [0.2, 0.25) is 0 Å². The zero-order valence-corrected chi connectivity index (χ0v) is 11.2. The quantitative estimate of drug-likeness (QED) is 0.659. The lowest BCUT2D eigenvalue weighted by Crippen LogP contribution is -1.86. The van der Waals surface area contributed by atoms with Crippen molar-refractivity contribution in [1.29, 1.82) is 0 Å². The molecule has 88 valence electrons. The highest BCUT2D eigenvalue weighted by molar-refractivity contribution is 5.77. The van der Waals surface area contributed by atoms with Crippen molar-refractivity contribution in [3.05, 3.63) is 35.8 Å². The highest BCUT2D eigenvalue weighted by atomic mass is 14.7. The van der Waals surface area contributed by atoms with Gasteiger partial charge in [-0.3, -0.25) is 9.97 Å². The molecule has 0 saturated heterocycles. The normalized spacial score (nSPS) is 8.62. The van der Waals surface area contributed by atoms with Crippen LogP contribution in [0.5, 0.6) is 0 Å². The summed E-state index contributed by atoms with van der Waals surface area (Å²) in [7, 11) is 0. The Kier molecular flexibility index (Phi) is 7.10. The van der Waals surface area contributed by atoms with E-state index in [0.717, 1.165) is 22.3 Å². The number of nitrogens with zero attached hydrogens (tertiary/aromatic N) is 2. The van der Waals surface area contributed by atoms with Crippen LogP contribution in [0.1, 0.15) is 39.1 Å². The number of hydrogen-bond donors (Lipinski definition) is 0. The van der Waals surface area contributed by atoms with E-state index in [4.69, 9.17) is 0 Å². The van der Waals surface area contributed by atoms with Crippen molar-refractivity contribution < 1.29 is 0 Å². The standard InChI is InChI=1S/C10H10N2.2C2H6/c1-7-3-4-9-5-8(2)11-6-10(9)12-7;2*1-2/h3-6H,1-2H3;2*1-2H3. The molecule has 0 saturated carbocycles. The lowest BCUT2D eigenvalue weighted by molar-refractivity contribution is 1.18. The molecule has 0 aliphatic carbocycles. The highest BCUT2D eigenvalue weighted by Crippen LogP contribution is 2.11. The first-order valence-electron chi connectivity index (χ1n) is 5.96. The number of rotatable bonds is 0. The van der Waals surface area contributed by atoms with Crippen LogP contribution in [0, 0.1) is 13.8 Å². The minimum atomic E-state index is 0.973. The van der Waals surface area contributed by atoms with Gasteiger partial charge in [-0.05, 0) is 26.0 Å². The van der Waals surface area contributed by atoms with Crippen LogP contribution in [-0.4, -0.2) is 9.97 Å². The van der Waals surface area contributed by atoms with E-state index in [0.29, 0.717) is 0 Å². The summed E-state index contributed by atoms with van der Waals surface area (Å²) in [6.45, 7) is 12.0. The van der Waals surface area contributed by atoms with E-state index >= 15 is 0 Å². The van der Waals surface area contributed by atoms with Gasteiger partial charge in [0.05, 0.1) is 11.7 Å². The fraction of sp³-hybridized carbons (Fsp3) is 0.429. The smallest absolute Gasteiger partial charge is 0.0888 e. The molecule has 2 heterocycles. The minimum absolute atomic E-state index is 0.973. The van der Waals surface area contributed by atoms with E-state index in [-0.39, 0.29) is 0 Å². The van der Waals surface area contributed by atoms with Crippen LogP contribution in [0.15, 0.2) is 24.4 Å². The molecule has 0 amide bonds. The summed E-state index contributed by atoms with van der Waals surface area (Å²) in [5.41, 5.74) is 3.04. The Hall–Kier alpha value is -1.44. The average Bonchev–Trinajstić information content (AvgIpc) is 2.35. The summed E-state index contributed by atoms with van der Waals surface area (Å²) in [4.78, 5) is 8.54. The minimum Gasteiger partial charge on any atom is -0.259 e. The maximum absolute atomic E-state index is 4.35. The lowest BCUT2D eigenvalue weighted by Gasteiger charge is -1.98. The molecule has 2 aromatic heterocycles. The first-order chi connectivity index (χ1) is 7.75. The van der Waals surface area contributed by atoms with Crippen LogP contribution in [0.25, 0.3) is 10.9 Å². The molecule has 0 aliphatic rings. The van der Waals surface area contributed by atoms with E-state index in [1.165, 1.54) is 0 Å². The first-order valence-corrected chi connectivity index (χ1v) is 5.96. The summed E-state index contributed by atoms with van der Waals surface area (Å²) in [6, 6.07) is 6.13. The summed E-state index contributed by atoms with van der Waals surface area (Å²) < 4.78 is 0. The molecule has 0 N–H and O–H groups in total. The largest absolute Gasteiger partial charge is 0.259 e. The molecule has 0 unspecified atom stereocenters. The summed E-state index contributed by atoms with van der Waals surface area (Å²) in [5.74, 6) is 0. The molecule has 0 radical (unpaired) electrons. The third kappa shape index (κ3) is 3.97. The third-order valence-electron chi connectivity index (χ3n) is 1.85. The average molecular weight is 218 g/mol. The van der Waals surface area contributed by atoms with Gasteiger partial charge in [0.25, 0.3) is 0 Å². The molecule has 16 heavy (non-hydrogen) atoms. The molecule has 2 heteroatoms. The molecule has 0 aromatic carbocycles. The van der Waals surface area contributed by atoms with Crippen molar-refractivity contribution in [2.24, 2.45) is 0 Å². The van der Waals surface area contributed by atoms with E-state index < -0.39 is 0 Å². The molecule has 0 fully saturated rings. The van der Waals surface area contributed by atoms with Crippen molar-refractivity contribution in [2.45, 2.75) is 41.5 Å². The van der Waals surface area contributed by atoms with Crippen molar-refractivity contribution in [2.75, 3.05) is 0 Å². The molecule has 0 bridgehead atoms. The van der Waals surface area contributed by atoms with Gasteiger partial charge in [0, 0.05) is 16.8 Å². The second-order valence-corrected chi connectivity index (χ2v) is 2.97. The van der Waals surface area contributed by atoms with Crippen LogP contribution in [0.4, 0.5) is 0 Å². The van der Waals surface area contributed by atoms with Gasteiger partial charge in [-0.2, -0.15) is 0 Å². The lowest BCUT2D eigenvalue weighted by atomic mass is 10.2. The number of hydrogen-bond acceptors (Lipinski definition) is 2. The molecule has 0 atom stereocenters. The summed E-state index contributed by atoms with van der Waals surface area (Å²) >= 11 is 0. The molecule has 2 rings (SSSR count). The maximum Gasteiger partial charge on any atom is 0.0888 e. The Bertz CT molecular complexity index is 381. The number of pyridine rings is 2. The number of fused-ring (bicyclic) bond motifs is 1. The second-order valence-electron chi connectivity index (χ2n) is 2.97. The zero-order valence-electron chi connectivity index (χ0n) is 11.2. The van der Waals surface area contributed by atoms with Gasteiger partial charge < -0.3 is 0 Å². The Morgan fingerprint density at radius 2 is 1.50 bits per heavy atom. The van der Waals surface area contributed by atoms with Gasteiger partial charge in [-0.1, -0.05) is 33.8 Å². The molecular weight excluding hydrogens is 196 g/mol. The number of aryl methyl sites for hydroxylation is 2. The highest BCUT2D eigenvalue weighted by Gasteiger charge is 1.95. The second kappa shape index (κ2) is 7.80. The van der Waals surface area contributed by atoms with Crippen LogP contribution in [0.3, 0.4) is 0 Å². The van der Waals surface area contributed by atoms with Crippen molar-refractivity contribution >= 4 is 10.9 Å². The van der Waals surface area contributed by atoms with Gasteiger partial charge in [-0.15, -0.1) is 0 Å². The Labute approximate surface area is 98.8 Å². The summed E-state index contributed by atoms with van der Waals surface area (Å²) in [6.07, 6.45) is 1.82. The van der Waals surface area contributed by atoms with E-state index in [2.05, 4.69) is 16.0 Å². The fourth-order valence-electron chi connectivity index (χ4n) is 1.24. The first kappa shape index (κ1) is 14.6. The van der Waals surface area contributed by atoms with E-state index in [1.807, 2.05) is 59.9 Å². The molecular formula is C14H22N2. The topological polar surface area (TPSA) is 25.8 Å². The monoisotopic (exact) mass is 218 g/mol. The van der Waals surface area contributed by atoms with Gasteiger partial charge in [0.1, 0.15) is 0 Å². The zero-order chi connectivity index (χ0) is 12.6. The molecule has 2 aromatic rings. The Morgan fingerprint density at radius 3 is 2.12 bits per heavy atom. The molecule has 2 nitrogen and oxygen atoms in total. The SMILES string of the molecule is CC.CC.Cc1cc2ccc(C)nc2cn1. The molecule has 0 aliphatic heterocycles. The summed E-state index contributed by atoms with van der Waals surface area (Å²) in [5, 5.41) is 1.16. The van der Waals surface area contributed by atoms with Gasteiger partial charge >= 0.3 is 0 Å². The third-order valence-corrected chi connectivity index (χ3v) is 1.85. The number of aromatic nitrogens is 2. The van der Waals surface area contributed by atoms with Gasteiger partial charge in [0.15, 0.2) is 0 Å². The predicted octanol–water partition coefficient (Wildman–Crippen LogP) is 4.30. The van der Waals surface area contributed by atoms with Crippen LogP contribution >= 0.6 is 0 Å². The predicted molar refractivity (Wildman–Crippen MR) is 71.7 cm³/mol. The molecule has 0 spiro atoms. The maximum atomic E-state index is 4.35.